The highest BCUT2D eigenvalue weighted by Crippen LogP contribution is 2.28. The Labute approximate surface area is 167 Å². The van der Waals surface area contributed by atoms with Crippen LogP contribution in [0.3, 0.4) is 0 Å². The molecule has 3 rings (SSSR count). The van der Waals surface area contributed by atoms with E-state index < -0.39 is 0 Å². The topological polar surface area (TPSA) is 80.3 Å². The molecule has 2 aliphatic rings. The molecular weight excluding hydrogens is 354 g/mol. The van der Waals surface area contributed by atoms with Crippen LogP contribution in [0.15, 0.2) is 24.5 Å². The van der Waals surface area contributed by atoms with E-state index >= 15 is 0 Å². The molecule has 0 aliphatic heterocycles. The van der Waals surface area contributed by atoms with Crippen molar-refractivity contribution >= 4 is 11.8 Å². The lowest BCUT2D eigenvalue weighted by molar-refractivity contribution is -0.130. The second-order valence-electron chi connectivity index (χ2n) is 8.16. The highest BCUT2D eigenvalue weighted by molar-refractivity contribution is 5.79. The zero-order valence-corrected chi connectivity index (χ0v) is 16.9. The fourth-order valence-electron chi connectivity index (χ4n) is 4.10. The smallest absolute Gasteiger partial charge is 0.223 e. The number of ether oxygens (including phenoxy) is 1. The van der Waals surface area contributed by atoms with Crippen LogP contribution < -0.4 is 10.6 Å². The van der Waals surface area contributed by atoms with Gasteiger partial charge in [-0.05, 0) is 69.4 Å². The zero-order chi connectivity index (χ0) is 19.8. The quantitative estimate of drug-likeness (QED) is 0.639. The Bertz CT molecular complexity index is 633. The summed E-state index contributed by atoms with van der Waals surface area (Å²) in [6.07, 6.45) is 12.6. The summed E-state index contributed by atoms with van der Waals surface area (Å²) in [5.41, 5.74) is 1.21. The maximum atomic E-state index is 12.4. The predicted octanol–water partition coefficient (Wildman–Crippen LogP) is 2.76. The maximum absolute atomic E-state index is 12.4. The molecule has 0 spiro atoms. The van der Waals surface area contributed by atoms with Crippen LogP contribution in [0, 0.1) is 5.92 Å². The van der Waals surface area contributed by atoms with Gasteiger partial charge in [-0.1, -0.05) is 6.07 Å². The zero-order valence-electron chi connectivity index (χ0n) is 16.9. The number of hydrogen-bond acceptors (Lipinski definition) is 4. The average Bonchev–Trinajstić information content (AvgIpc) is 2.69. The van der Waals surface area contributed by atoms with Gasteiger partial charge in [-0.15, -0.1) is 0 Å². The number of rotatable bonds is 9. The molecule has 0 bridgehead atoms. The molecule has 1 aromatic rings. The van der Waals surface area contributed by atoms with Gasteiger partial charge in [-0.25, -0.2) is 0 Å². The molecule has 2 N–H and O–H groups in total. The van der Waals surface area contributed by atoms with Crippen molar-refractivity contribution < 1.29 is 14.3 Å². The molecule has 6 nitrogen and oxygen atoms in total. The molecule has 0 aromatic carbocycles. The van der Waals surface area contributed by atoms with Gasteiger partial charge in [0.25, 0.3) is 0 Å². The molecule has 1 heterocycles. The number of nitrogens with zero attached hydrogens (tertiary/aromatic N) is 1. The maximum Gasteiger partial charge on any atom is 0.223 e. The normalized spacial score (nSPS) is 25.0. The number of unbranched alkanes of at least 4 members (excludes halogenated alkanes) is 1. The van der Waals surface area contributed by atoms with Crippen LogP contribution in [0.4, 0.5) is 0 Å². The van der Waals surface area contributed by atoms with E-state index in [0.717, 1.165) is 44.9 Å². The van der Waals surface area contributed by atoms with E-state index in [-0.39, 0.29) is 29.9 Å². The summed E-state index contributed by atoms with van der Waals surface area (Å²) in [6, 6.07) is 4.38. The van der Waals surface area contributed by atoms with E-state index in [2.05, 4.69) is 21.7 Å². The van der Waals surface area contributed by atoms with Crippen molar-refractivity contribution in [1.82, 2.24) is 15.6 Å². The van der Waals surface area contributed by atoms with Gasteiger partial charge in [0.2, 0.25) is 11.8 Å². The number of carbonyl (C=O) groups is 2. The summed E-state index contributed by atoms with van der Waals surface area (Å²) in [5, 5.41) is 6.28. The summed E-state index contributed by atoms with van der Waals surface area (Å²) in [7, 11) is 1.67. The van der Waals surface area contributed by atoms with Gasteiger partial charge in [-0.3, -0.25) is 14.6 Å². The SMILES string of the molecule is CO[C@@H]1C[C@@H](C(=O)NC2CCC2)CC[C@H]1NC(=O)CCCCc1cccnc1. The Morgan fingerprint density at radius 2 is 2.04 bits per heavy atom. The second-order valence-corrected chi connectivity index (χ2v) is 8.16. The number of aromatic nitrogens is 1. The highest BCUT2D eigenvalue weighted by Gasteiger charge is 2.35. The molecule has 0 radical (unpaired) electrons. The summed E-state index contributed by atoms with van der Waals surface area (Å²) in [5.74, 6) is 0.237. The van der Waals surface area contributed by atoms with E-state index in [0.29, 0.717) is 18.9 Å². The lowest BCUT2D eigenvalue weighted by atomic mass is 9.82. The number of aryl methyl sites for hydroxylation is 1. The number of methoxy groups -OCH3 is 1. The van der Waals surface area contributed by atoms with Gasteiger partial charge < -0.3 is 15.4 Å². The Hall–Kier alpha value is -1.95. The van der Waals surface area contributed by atoms with Gasteiger partial charge in [0.15, 0.2) is 0 Å². The molecular formula is C22H33N3O3. The first-order valence-corrected chi connectivity index (χ1v) is 10.7. The minimum atomic E-state index is -0.0924. The third-order valence-corrected chi connectivity index (χ3v) is 6.11. The van der Waals surface area contributed by atoms with Crippen LogP contribution in [0.25, 0.3) is 0 Å². The van der Waals surface area contributed by atoms with Gasteiger partial charge >= 0.3 is 0 Å². The fourth-order valence-corrected chi connectivity index (χ4v) is 4.10. The summed E-state index contributed by atoms with van der Waals surface area (Å²) in [4.78, 5) is 28.9. The van der Waals surface area contributed by atoms with Crippen molar-refractivity contribution in [3.63, 3.8) is 0 Å². The van der Waals surface area contributed by atoms with E-state index in [1.54, 1.807) is 13.3 Å². The standard InChI is InChI=1S/C22H33N3O3/c1-28-20-14-17(22(27)24-18-8-4-9-18)11-12-19(20)25-21(26)10-3-2-6-16-7-5-13-23-15-16/h5,7,13,15,17-20H,2-4,6,8-12,14H2,1H3,(H,24,27)(H,25,26)/t17-,19+,20+/m0/s1. The van der Waals surface area contributed by atoms with Crippen molar-refractivity contribution in [2.45, 2.75) is 82.4 Å². The van der Waals surface area contributed by atoms with Crippen molar-refractivity contribution in [2.24, 2.45) is 5.92 Å². The lowest BCUT2D eigenvalue weighted by Crippen LogP contribution is -2.51. The molecule has 3 atom stereocenters. The first-order valence-electron chi connectivity index (χ1n) is 10.7. The van der Waals surface area contributed by atoms with Crippen LogP contribution in [0.5, 0.6) is 0 Å². The van der Waals surface area contributed by atoms with E-state index in [9.17, 15) is 9.59 Å². The van der Waals surface area contributed by atoms with Gasteiger partial charge in [0.1, 0.15) is 0 Å². The van der Waals surface area contributed by atoms with Gasteiger partial charge in [0.05, 0.1) is 12.1 Å². The number of pyridine rings is 1. The van der Waals surface area contributed by atoms with Crippen LogP contribution in [0.1, 0.15) is 63.4 Å². The van der Waals surface area contributed by atoms with Crippen molar-refractivity contribution in [3.05, 3.63) is 30.1 Å². The molecule has 2 fully saturated rings. The number of nitrogens with one attached hydrogen (secondary N) is 2. The molecule has 154 valence electrons. The molecule has 2 amide bonds. The van der Waals surface area contributed by atoms with E-state index in [4.69, 9.17) is 4.74 Å². The molecule has 1 aromatic heterocycles. The Morgan fingerprint density at radius 3 is 2.71 bits per heavy atom. The largest absolute Gasteiger partial charge is 0.379 e. The summed E-state index contributed by atoms with van der Waals surface area (Å²) in [6.45, 7) is 0. The number of hydrogen-bond donors (Lipinski definition) is 2. The molecule has 2 aliphatic carbocycles. The fraction of sp³-hybridized carbons (Fsp3) is 0.682. The molecule has 0 unspecified atom stereocenters. The Kier molecular flexibility index (Phi) is 7.83. The summed E-state index contributed by atoms with van der Waals surface area (Å²) < 4.78 is 5.61. The lowest BCUT2D eigenvalue weighted by Gasteiger charge is -2.36. The molecule has 0 saturated heterocycles. The van der Waals surface area contributed by atoms with Crippen LogP contribution in [-0.4, -0.2) is 42.1 Å². The van der Waals surface area contributed by atoms with E-state index in [1.165, 1.54) is 12.0 Å². The van der Waals surface area contributed by atoms with Crippen LogP contribution >= 0.6 is 0 Å². The van der Waals surface area contributed by atoms with Crippen molar-refractivity contribution in [3.8, 4) is 0 Å². The monoisotopic (exact) mass is 387 g/mol. The van der Waals surface area contributed by atoms with Crippen molar-refractivity contribution in [2.75, 3.05) is 7.11 Å². The minimum Gasteiger partial charge on any atom is -0.379 e. The third-order valence-electron chi connectivity index (χ3n) is 6.11. The van der Waals surface area contributed by atoms with Gasteiger partial charge in [0, 0.05) is 37.9 Å². The third kappa shape index (κ3) is 6.03. The molecule has 28 heavy (non-hydrogen) atoms. The van der Waals surface area contributed by atoms with Gasteiger partial charge in [-0.2, -0.15) is 0 Å². The van der Waals surface area contributed by atoms with Crippen LogP contribution in [-0.2, 0) is 20.7 Å². The highest BCUT2D eigenvalue weighted by atomic mass is 16.5. The first-order chi connectivity index (χ1) is 13.7. The molecule has 6 heteroatoms. The Balaban J connectivity index is 1.36. The van der Waals surface area contributed by atoms with Crippen LogP contribution in [0.2, 0.25) is 0 Å². The number of amides is 2. The van der Waals surface area contributed by atoms with E-state index in [1.807, 2.05) is 12.3 Å². The minimum absolute atomic E-state index is 0.00168. The van der Waals surface area contributed by atoms with Crippen molar-refractivity contribution in [1.29, 1.82) is 0 Å². The first kappa shape index (κ1) is 20.8. The second kappa shape index (κ2) is 10.6. The summed E-state index contributed by atoms with van der Waals surface area (Å²) >= 11 is 0. The predicted molar refractivity (Wildman–Crippen MR) is 108 cm³/mol. The number of carbonyl (C=O) groups excluding carboxylic acids is 2. The average molecular weight is 388 g/mol. The molecule has 2 saturated carbocycles. The Morgan fingerprint density at radius 1 is 1.18 bits per heavy atom.